The van der Waals surface area contributed by atoms with Crippen molar-refractivity contribution in [3.63, 3.8) is 0 Å². The number of halogens is 2. The molecule has 30 heavy (non-hydrogen) atoms. The molecule has 3 aromatic rings. The number of benzene rings is 2. The largest absolute Gasteiger partial charge is 0.354 e. The van der Waals surface area contributed by atoms with Crippen LogP contribution in [0.5, 0.6) is 0 Å². The summed E-state index contributed by atoms with van der Waals surface area (Å²) in [6.07, 6.45) is 2.37. The maximum Gasteiger partial charge on any atom is 0.248 e. The molecule has 0 aliphatic heterocycles. The second-order valence-corrected chi connectivity index (χ2v) is 6.44. The Morgan fingerprint density at radius 1 is 1.03 bits per heavy atom. The quantitative estimate of drug-likeness (QED) is 0.484. The fourth-order valence-electron chi connectivity index (χ4n) is 2.65. The summed E-state index contributed by atoms with van der Waals surface area (Å²) in [7, 11) is 0. The molecule has 0 fully saturated rings. The maximum atomic E-state index is 13.6. The molecule has 154 valence electrons. The lowest BCUT2D eigenvalue weighted by Gasteiger charge is -2.10. The van der Waals surface area contributed by atoms with Crippen molar-refractivity contribution in [2.75, 3.05) is 22.5 Å². The van der Waals surface area contributed by atoms with Crippen LogP contribution in [-0.2, 0) is 4.79 Å². The Bertz CT molecular complexity index is 1070. The lowest BCUT2D eigenvalue weighted by molar-refractivity contribution is -0.111. The van der Waals surface area contributed by atoms with E-state index < -0.39 is 17.5 Å². The van der Waals surface area contributed by atoms with Gasteiger partial charge in [-0.2, -0.15) is 4.98 Å². The van der Waals surface area contributed by atoms with Crippen LogP contribution in [0.1, 0.15) is 18.2 Å². The Morgan fingerprint density at radius 2 is 1.77 bits per heavy atom. The van der Waals surface area contributed by atoms with Crippen LogP contribution >= 0.6 is 0 Å². The Kier molecular flexibility index (Phi) is 6.69. The number of hydrogen-bond acceptors (Lipinski definition) is 5. The maximum absolute atomic E-state index is 13.6. The molecular formula is C22H21F2N5O. The second-order valence-electron chi connectivity index (χ2n) is 6.44. The Hall–Kier alpha value is -3.81. The highest BCUT2D eigenvalue weighted by atomic mass is 19.1. The summed E-state index contributed by atoms with van der Waals surface area (Å²) < 4.78 is 26.8. The van der Waals surface area contributed by atoms with E-state index in [1.165, 1.54) is 6.08 Å². The third-order valence-electron chi connectivity index (χ3n) is 3.99. The summed E-state index contributed by atoms with van der Waals surface area (Å²) in [6, 6.07) is 11.9. The first-order valence-electron chi connectivity index (χ1n) is 9.33. The average molecular weight is 409 g/mol. The van der Waals surface area contributed by atoms with Crippen molar-refractivity contribution in [3.05, 3.63) is 77.5 Å². The van der Waals surface area contributed by atoms with Crippen molar-refractivity contribution in [2.45, 2.75) is 13.8 Å². The van der Waals surface area contributed by atoms with E-state index in [9.17, 15) is 13.6 Å². The molecule has 0 radical (unpaired) electrons. The van der Waals surface area contributed by atoms with Crippen LogP contribution in [0.15, 0.2) is 54.6 Å². The fourth-order valence-corrected chi connectivity index (χ4v) is 2.65. The molecular weight excluding hydrogens is 388 g/mol. The number of hydrogen-bond donors (Lipinski definition) is 3. The molecule has 1 heterocycles. The first-order valence-corrected chi connectivity index (χ1v) is 9.33. The average Bonchev–Trinajstić information content (AvgIpc) is 2.70. The summed E-state index contributed by atoms with van der Waals surface area (Å²) in [4.78, 5) is 20.7. The predicted octanol–water partition coefficient (Wildman–Crippen LogP) is 4.89. The van der Waals surface area contributed by atoms with Crippen LogP contribution in [-0.4, -0.2) is 22.4 Å². The van der Waals surface area contributed by atoms with E-state index >= 15 is 0 Å². The van der Waals surface area contributed by atoms with Crippen LogP contribution < -0.4 is 16.0 Å². The van der Waals surface area contributed by atoms with Crippen molar-refractivity contribution in [1.29, 1.82) is 0 Å². The van der Waals surface area contributed by atoms with E-state index in [1.54, 1.807) is 24.3 Å². The summed E-state index contributed by atoms with van der Waals surface area (Å²) in [5, 5.41) is 8.93. The third-order valence-corrected chi connectivity index (χ3v) is 3.99. The van der Waals surface area contributed by atoms with Gasteiger partial charge < -0.3 is 16.0 Å². The summed E-state index contributed by atoms with van der Waals surface area (Å²) in [6.45, 7) is 4.57. The third kappa shape index (κ3) is 5.84. The molecule has 3 rings (SSSR count). The van der Waals surface area contributed by atoms with E-state index in [0.29, 0.717) is 17.5 Å². The van der Waals surface area contributed by atoms with Crippen molar-refractivity contribution in [3.8, 4) is 0 Å². The monoisotopic (exact) mass is 409 g/mol. The number of aryl methyl sites for hydroxylation is 1. The van der Waals surface area contributed by atoms with Crippen molar-refractivity contribution < 1.29 is 13.6 Å². The molecule has 2 aromatic carbocycles. The van der Waals surface area contributed by atoms with E-state index in [0.717, 1.165) is 42.2 Å². The SMILES string of the molecule is CCNc1nc(C)cc(Nc2ccc(NC(=O)/C=C/c3cc(F)ccc3F)cc2)n1. The summed E-state index contributed by atoms with van der Waals surface area (Å²) >= 11 is 0. The van der Waals surface area contributed by atoms with Gasteiger partial charge in [0.15, 0.2) is 0 Å². The predicted molar refractivity (Wildman–Crippen MR) is 115 cm³/mol. The van der Waals surface area contributed by atoms with Gasteiger partial charge in [-0.15, -0.1) is 0 Å². The minimum absolute atomic E-state index is 0.00164. The molecule has 0 atom stereocenters. The highest BCUT2D eigenvalue weighted by Gasteiger charge is 2.04. The Balaban J connectivity index is 1.62. The molecule has 1 amide bonds. The molecule has 0 aliphatic rings. The van der Waals surface area contributed by atoms with E-state index in [4.69, 9.17) is 0 Å². The molecule has 8 heteroatoms. The van der Waals surface area contributed by atoms with E-state index in [-0.39, 0.29) is 5.56 Å². The van der Waals surface area contributed by atoms with Crippen LogP contribution in [0.3, 0.4) is 0 Å². The molecule has 0 spiro atoms. The molecule has 0 saturated heterocycles. The van der Waals surface area contributed by atoms with Crippen LogP contribution in [0.4, 0.5) is 31.9 Å². The van der Waals surface area contributed by atoms with Gasteiger partial charge in [0.2, 0.25) is 11.9 Å². The number of nitrogens with one attached hydrogen (secondary N) is 3. The summed E-state index contributed by atoms with van der Waals surface area (Å²) in [5.74, 6) is -0.439. The zero-order valence-electron chi connectivity index (χ0n) is 16.5. The lowest BCUT2D eigenvalue weighted by Crippen LogP contribution is -2.08. The molecule has 0 unspecified atom stereocenters. The summed E-state index contributed by atoms with van der Waals surface area (Å²) in [5.41, 5.74) is 2.17. The normalized spacial score (nSPS) is 10.8. The van der Waals surface area contributed by atoms with Gasteiger partial charge in [-0.05, 0) is 62.4 Å². The van der Waals surface area contributed by atoms with Crippen molar-refractivity contribution >= 4 is 35.1 Å². The Labute approximate surface area is 173 Å². The highest BCUT2D eigenvalue weighted by Crippen LogP contribution is 2.19. The molecule has 3 N–H and O–H groups in total. The van der Waals surface area contributed by atoms with Gasteiger partial charge in [-0.3, -0.25) is 4.79 Å². The second kappa shape index (κ2) is 9.60. The van der Waals surface area contributed by atoms with Gasteiger partial charge >= 0.3 is 0 Å². The first kappa shape index (κ1) is 20.9. The first-order chi connectivity index (χ1) is 14.4. The van der Waals surface area contributed by atoms with Crippen molar-refractivity contribution in [1.82, 2.24) is 9.97 Å². The van der Waals surface area contributed by atoms with Crippen LogP contribution in [0, 0.1) is 18.6 Å². The zero-order valence-corrected chi connectivity index (χ0v) is 16.5. The number of aromatic nitrogens is 2. The topological polar surface area (TPSA) is 78.9 Å². The fraction of sp³-hybridized carbons (Fsp3) is 0.136. The van der Waals surface area contributed by atoms with Gasteiger partial charge in [-0.1, -0.05) is 0 Å². The Morgan fingerprint density at radius 3 is 2.50 bits per heavy atom. The van der Waals surface area contributed by atoms with Gasteiger partial charge in [-0.25, -0.2) is 13.8 Å². The number of nitrogens with zero attached hydrogens (tertiary/aromatic N) is 2. The molecule has 0 bridgehead atoms. The highest BCUT2D eigenvalue weighted by molar-refractivity contribution is 6.02. The van der Waals surface area contributed by atoms with Gasteiger partial charge in [0.05, 0.1) is 0 Å². The molecule has 0 saturated carbocycles. The number of carbonyl (C=O) groups excluding carboxylic acids is 1. The standard InChI is InChI=1S/C22H21F2N5O/c1-3-25-22-26-14(2)12-20(29-22)27-17-6-8-18(9-7-17)28-21(30)11-4-15-13-16(23)5-10-19(15)24/h4-13H,3H2,1-2H3,(H,28,30)(H2,25,26,27,29)/b11-4+. The zero-order chi connectivity index (χ0) is 21.5. The minimum Gasteiger partial charge on any atom is -0.354 e. The van der Waals surface area contributed by atoms with Crippen LogP contribution in [0.2, 0.25) is 0 Å². The minimum atomic E-state index is -0.604. The smallest absolute Gasteiger partial charge is 0.248 e. The number of carbonyl (C=O) groups is 1. The van der Waals surface area contributed by atoms with Gasteiger partial charge in [0.1, 0.15) is 17.5 Å². The number of rotatable bonds is 7. The van der Waals surface area contributed by atoms with E-state index in [2.05, 4.69) is 25.9 Å². The molecule has 1 aromatic heterocycles. The lowest BCUT2D eigenvalue weighted by atomic mass is 10.2. The van der Waals surface area contributed by atoms with Crippen molar-refractivity contribution in [2.24, 2.45) is 0 Å². The number of amides is 1. The van der Waals surface area contributed by atoms with E-state index in [1.807, 2.05) is 19.9 Å². The molecule has 0 aliphatic carbocycles. The van der Waals surface area contributed by atoms with Gasteiger partial charge in [0.25, 0.3) is 0 Å². The molecule has 6 nitrogen and oxygen atoms in total. The number of anilines is 4. The van der Waals surface area contributed by atoms with Gasteiger partial charge in [0, 0.05) is 41.3 Å². The van der Waals surface area contributed by atoms with Crippen LogP contribution in [0.25, 0.3) is 6.08 Å².